The van der Waals surface area contributed by atoms with E-state index in [1.54, 1.807) is 0 Å². The lowest BCUT2D eigenvalue weighted by atomic mass is 9.94. The fraction of sp³-hybridized carbons (Fsp3) is 0.0714. The van der Waals surface area contributed by atoms with Crippen LogP contribution in [0, 0.1) is 17.0 Å². The van der Waals surface area contributed by atoms with Gasteiger partial charge in [0, 0.05) is 23.3 Å². The van der Waals surface area contributed by atoms with E-state index in [1.165, 1.54) is 25.1 Å². The highest BCUT2D eigenvalue weighted by atomic mass is 16.6. The van der Waals surface area contributed by atoms with Crippen molar-refractivity contribution < 1.29 is 19.3 Å². The van der Waals surface area contributed by atoms with Crippen molar-refractivity contribution in [2.75, 3.05) is 0 Å². The Kier molecular flexibility index (Phi) is 3.39. The first-order valence-corrected chi connectivity index (χ1v) is 5.68. The van der Waals surface area contributed by atoms with Gasteiger partial charge in [-0.2, -0.15) is 0 Å². The minimum atomic E-state index is -0.620. The second kappa shape index (κ2) is 5.00. The van der Waals surface area contributed by atoms with Gasteiger partial charge in [-0.1, -0.05) is 0 Å². The van der Waals surface area contributed by atoms with Gasteiger partial charge >= 0.3 is 0 Å². The zero-order chi connectivity index (χ0) is 14.9. The highest BCUT2D eigenvalue weighted by Gasteiger charge is 2.23. The summed E-state index contributed by atoms with van der Waals surface area (Å²) in [6.45, 7) is 1.50. The SMILES string of the molecule is Cc1cc(C(=O)C2=CC(=O)C=CC2=O)ccc1[N+](=O)[O-]. The number of aryl methyl sites for hydroxylation is 1. The lowest BCUT2D eigenvalue weighted by Crippen LogP contribution is -2.16. The fourth-order valence-electron chi connectivity index (χ4n) is 1.84. The molecule has 1 aliphatic carbocycles. The summed E-state index contributed by atoms with van der Waals surface area (Å²) in [4.78, 5) is 45.1. The van der Waals surface area contributed by atoms with E-state index in [2.05, 4.69) is 0 Å². The van der Waals surface area contributed by atoms with Crippen LogP contribution in [0.15, 0.2) is 42.0 Å². The zero-order valence-electron chi connectivity index (χ0n) is 10.5. The maximum absolute atomic E-state index is 12.1. The van der Waals surface area contributed by atoms with Gasteiger partial charge in [0.1, 0.15) is 0 Å². The quantitative estimate of drug-likeness (QED) is 0.274. The van der Waals surface area contributed by atoms with Crippen LogP contribution in [0.25, 0.3) is 0 Å². The van der Waals surface area contributed by atoms with Crippen LogP contribution in [0.1, 0.15) is 15.9 Å². The number of benzene rings is 1. The molecule has 100 valence electrons. The first-order chi connectivity index (χ1) is 9.40. The summed E-state index contributed by atoms with van der Waals surface area (Å²) < 4.78 is 0. The Morgan fingerprint density at radius 3 is 2.50 bits per heavy atom. The third-order valence-electron chi connectivity index (χ3n) is 2.85. The molecule has 0 saturated carbocycles. The molecule has 0 heterocycles. The van der Waals surface area contributed by atoms with E-state index in [-0.39, 0.29) is 16.8 Å². The number of ketones is 3. The number of allylic oxidation sites excluding steroid dienone is 4. The first kappa shape index (κ1) is 13.5. The lowest BCUT2D eigenvalue weighted by Gasteiger charge is -2.06. The Bertz CT molecular complexity index is 712. The molecule has 0 unspecified atom stereocenters. The fourth-order valence-corrected chi connectivity index (χ4v) is 1.84. The van der Waals surface area contributed by atoms with E-state index in [4.69, 9.17) is 0 Å². The summed E-state index contributed by atoms with van der Waals surface area (Å²) in [6, 6.07) is 3.80. The van der Waals surface area contributed by atoms with Crippen LogP contribution in [-0.4, -0.2) is 22.3 Å². The van der Waals surface area contributed by atoms with Gasteiger partial charge in [0.05, 0.1) is 10.5 Å². The van der Waals surface area contributed by atoms with Gasteiger partial charge in [-0.25, -0.2) is 0 Å². The normalized spacial score (nSPS) is 14.2. The highest BCUT2D eigenvalue weighted by Crippen LogP contribution is 2.21. The van der Waals surface area contributed by atoms with Crippen LogP contribution < -0.4 is 0 Å². The van der Waals surface area contributed by atoms with Gasteiger partial charge < -0.3 is 0 Å². The number of nitro benzene ring substituents is 1. The number of nitro groups is 1. The van der Waals surface area contributed by atoms with Gasteiger partial charge in [-0.05, 0) is 31.2 Å². The summed E-state index contributed by atoms with van der Waals surface area (Å²) in [7, 11) is 0. The summed E-state index contributed by atoms with van der Waals surface area (Å²) >= 11 is 0. The molecule has 0 saturated heterocycles. The molecule has 1 aliphatic rings. The molecule has 2 rings (SSSR count). The molecule has 6 nitrogen and oxygen atoms in total. The Morgan fingerprint density at radius 2 is 1.90 bits per heavy atom. The average Bonchev–Trinajstić information content (AvgIpc) is 2.40. The maximum Gasteiger partial charge on any atom is 0.272 e. The molecule has 20 heavy (non-hydrogen) atoms. The second-order valence-electron chi connectivity index (χ2n) is 4.25. The molecule has 0 spiro atoms. The van der Waals surface area contributed by atoms with Gasteiger partial charge in [0.25, 0.3) is 5.69 Å². The van der Waals surface area contributed by atoms with E-state index < -0.39 is 22.3 Å². The van der Waals surface area contributed by atoms with Crippen LogP contribution >= 0.6 is 0 Å². The number of hydrogen-bond acceptors (Lipinski definition) is 5. The maximum atomic E-state index is 12.1. The Balaban J connectivity index is 2.40. The largest absolute Gasteiger partial charge is 0.290 e. The minimum absolute atomic E-state index is 0.110. The average molecular weight is 271 g/mol. The van der Waals surface area contributed by atoms with E-state index >= 15 is 0 Å². The third kappa shape index (κ3) is 2.44. The molecule has 0 N–H and O–H groups in total. The van der Waals surface area contributed by atoms with E-state index in [0.29, 0.717) is 5.56 Å². The predicted molar refractivity (Wildman–Crippen MR) is 69.4 cm³/mol. The van der Waals surface area contributed by atoms with Crippen molar-refractivity contribution in [3.63, 3.8) is 0 Å². The van der Waals surface area contributed by atoms with Crippen LogP contribution in [0.3, 0.4) is 0 Å². The standard InChI is InChI=1S/C14H9NO5/c1-8-6-9(2-4-12(8)15(19)20)14(18)11-7-10(16)3-5-13(11)17/h2-7H,1H3. The predicted octanol–water partition coefficient (Wildman–Crippen LogP) is 1.72. The molecular formula is C14H9NO5. The number of hydrogen-bond donors (Lipinski definition) is 0. The molecule has 0 atom stereocenters. The van der Waals surface area contributed by atoms with E-state index in [0.717, 1.165) is 18.2 Å². The van der Waals surface area contributed by atoms with Crippen molar-refractivity contribution in [1.82, 2.24) is 0 Å². The Morgan fingerprint density at radius 1 is 1.20 bits per heavy atom. The zero-order valence-corrected chi connectivity index (χ0v) is 10.5. The van der Waals surface area contributed by atoms with Gasteiger partial charge in [-0.15, -0.1) is 0 Å². The van der Waals surface area contributed by atoms with Crippen LogP contribution in [-0.2, 0) is 9.59 Å². The molecular weight excluding hydrogens is 262 g/mol. The van der Waals surface area contributed by atoms with Gasteiger partial charge in [-0.3, -0.25) is 24.5 Å². The summed E-state index contributed by atoms with van der Waals surface area (Å²) in [5.74, 6) is -1.61. The number of carbonyl (C=O) groups excluding carboxylic acids is 3. The molecule has 0 fully saturated rings. The summed E-state index contributed by atoms with van der Waals surface area (Å²) in [6.07, 6.45) is 3.09. The highest BCUT2D eigenvalue weighted by molar-refractivity contribution is 6.34. The van der Waals surface area contributed by atoms with Gasteiger partial charge in [0.2, 0.25) is 0 Å². The molecule has 1 aromatic carbocycles. The lowest BCUT2D eigenvalue weighted by molar-refractivity contribution is -0.385. The van der Waals surface area contributed by atoms with Crippen molar-refractivity contribution in [2.45, 2.75) is 6.92 Å². The summed E-state index contributed by atoms with van der Waals surface area (Å²) in [5, 5.41) is 10.7. The number of nitrogens with zero attached hydrogens (tertiary/aromatic N) is 1. The number of Topliss-reactive ketones (excluding diaryl/α,β-unsaturated/α-hetero) is 1. The Labute approximate surface area is 113 Å². The topological polar surface area (TPSA) is 94.3 Å². The molecule has 0 radical (unpaired) electrons. The van der Waals surface area contributed by atoms with Crippen LogP contribution in [0.2, 0.25) is 0 Å². The van der Waals surface area contributed by atoms with Gasteiger partial charge in [0.15, 0.2) is 17.3 Å². The molecule has 0 aliphatic heterocycles. The summed E-state index contributed by atoms with van der Waals surface area (Å²) in [5.41, 5.74) is 0.106. The number of rotatable bonds is 3. The second-order valence-corrected chi connectivity index (χ2v) is 4.25. The molecule has 0 bridgehead atoms. The Hall–Kier alpha value is -2.89. The van der Waals surface area contributed by atoms with Crippen molar-refractivity contribution in [3.05, 3.63) is 63.2 Å². The molecule has 6 heteroatoms. The number of carbonyl (C=O) groups is 3. The first-order valence-electron chi connectivity index (χ1n) is 5.68. The smallest absolute Gasteiger partial charge is 0.272 e. The van der Waals surface area contributed by atoms with Crippen LogP contribution in [0.4, 0.5) is 5.69 Å². The monoisotopic (exact) mass is 271 g/mol. The molecule has 1 aromatic rings. The minimum Gasteiger partial charge on any atom is -0.290 e. The van der Waals surface area contributed by atoms with Crippen molar-refractivity contribution >= 4 is 23.0 Å². The van der Waals surface area contributed by atoms with E-state index in [9.17, 15) is 24.5 Å². The molecule has 0 amide bonds. The molecule has 0 aromatic heterocycles. The van der Waals surface area contributed by atoms with Crippen molar-refractivity contribution in [3.8, 4) is 0 Å². The van der Waals surface area contributed by atoms with Crippen LogP contribution in [0.5, 0.6) is 0 Å². The van der Waals surface area contributed by atoms with Crippen molar-refractivity contribution in [2.24, 2.45) is 0 Å². The third-order valence-corrected chi connectivity index (χ3v) is 2.85. The van der Waals surface area contributed by atoms with E-state index in [1.807, 2.05) is 0 Å². The van der Waals surface area contributed by atoms with Crippen molar-refractivity contribution in [1.29, 1.82) is 0 Å².